The van der Waals surface area contributed by atoms with Crippen molar-refractivity contribution in [2.75, 3.05) is 0 Å². The molecule has 2 aromatic carbocycles. The van der Waals surface area contributed by atoms with Gasteiger partial charge in [-0.1, -0.05) is 48.5 Å². The molecule has 4 heteroatoms. The van der Waals surface area contributed by atoms with E-state index in [0.29, 0.717) is 0 Å². The summed E-state index contributed by atoms with van der Waals surface area (Å²) >= 11 is 1.75. The summed E-state index contributed by atoms with van der Waals surface area (Å²) in [7, 11) is 0. The maximum Gasteiger partial charge on any atom is 0.214 e. The Kier molecular flexibility index (Phi) is 3.38. The fourth-order valence-corrected chi connectivity index (χ4v) is 4.42. The zero-order valence-electron chi connectivity index (χ0n) is 13.9. The molecule has 3 nitrogen and oxygen atoms in total. The first-order valence-electron chi connectivity index (χ1n) is 8.52. The van der Waals surface area contributed by atoms with Gasteiger partial charge in [0, 0.05) is 17.5 Å². The summed E-state index contributed by atoms with van der Waals surface area (Å²) in [5.74, 6) is 0.972. The number of fused-ring (bicyclic) bond motifs is 3. The molecular formula is C21H18N2OS. The lowest BCUT2D eigenvalue weighted by molar-refractivity contribution is -0.0194. The Labute approximate surface area is 151 Å². The summed E-state index contributed by atoms with van der Waals surface area (Å²) in [6.07, 6.45) is 0.738. The van der Waals surface area contributed by atoms with Gasteiger partial charge in [-0.05, 0) is 30.0 Å². The van der Waals surface area contributed by atoms with Gasteiger partial charge in [-0.2, -0.15) is 5.10 Å². The van der Waals surface area contributed by atoms with E-state index in [9.17, 15) is 0 Å². The van der Waals surface area contributed by atoms with Crippen LogP contribution >= 0.6 is 11.3 Å². The molecule has 2 aliphatic heterocycles. The van der Waals surface area contributed by atoms with Crippen LogP contribution in [0.1, 0.15) is 40.3 Å². The first-order chi connectivity index (χ1) is 12.3. The zero-order chi connectivity index (χ0) is 16.8. The molecule has 0 N–H and O–H groups in total. The fraction of sp³-hybridized carbons (Fsp3) is 0.190. The van der Waals surface area contributed by atoms with Crippen LogP contribution in [0.5, 0.6) is 5.75 Å². The number of thiophene rings is 1. The van der Waals surface area contributed by atoms with E-state index in [0.717, 1.165) is 17.9 Å². The van der Waals surface area contributed by atoms with Crippen LogP contribution in [0.25, 0.3) is 0 Å². The number of hydrogen-bond donors (Lipinski definition) is 0. The Bertz CT molecular complexity index is 948. The quantitative estimate of drug-likeness (QED) is 0.629. The number of hydrogen-bond acceptors (Lipinski definition) is 4. The van der Waals surface area contributed by atoms with Crippen LogP contribution in [0.15, 0.2) is 71.1 Å². The van der Waals surface area contributed by atoms with Crippen molar-refractivity contribution in [1.29, 1.82) is 0 Å². The van der Waals surface area contributed by atoms with Gasteiger partial charge < -0.3 is 4.74 Å². The summed E-state index contributed by atoms with van der Waals surface area (Å²) in [6.45, 7) is 2.13. The molecule has 0 aliphatic carbocycles. The van der Waals surface area contributed by atoms with Gasteiger partial charge in [0.15, 0.2) is 0 Å². The normalized spacial score (nSPS) is 21.3. The van der Waals surface area contributed by atoms with E-state index in [1.165, 1.54) is 21.6 Å². The Morgan fingerprint density at radius 3 is 2.60 bits per heavy atom. The highest BCUT2D eigenvalue weighted by molar-refractivity contribution is 7.12. The summed E-state index contributed by atoms with van der Waals surface area (Å²) < 4.78 is 6.40. The summed E-state index contributed by atoms with van der Waals surface area (Å²) in [5.41, 5.74) is 4.78. The second-order valence-electron chi connectivity index (χ2n) is 6.49. The number of hydrazone groups is 1. The highest BCUT2D eigenvalue weighted by Crippen LogP contribution is 2.47. The highest BCUT2D eigenvalue weighted by atomic mass is 32.1. The number of nitrogens with zero attached hydrogens (tertiary/aromatic N) is 2. The molecular weight excluding hydrogens is 328 g/mol. The van der Waals surface area contributed by atoms with Crippen LogP contribution in [-0.4, -0.2) is 10.7 Å². The summed E-state index contributed by atoms with van der Waals surface area (Å²) in [4.78, 5) is 1.25. The van der Waals surface area contributed by atoms with Crippen LogP contribution < -0.4 is 4.74 Å². The smallest absolute Gasteiger partial charge is 0.214 e. The molecule has 0 amide bonds. The molecule has 25 heavy (non-hydrogen) atoms. The van der Waals surface area contributed by atoms with Crippen LogP contribution in [0, 0.1) is 6.92 Å². The van der Waals surface area contributed by atoms with Crippen LogP contribution in [0.4, 0.5) is 0 Å². The van der Waals surface area contributed by atoms with Gasteiger partial charge in [0.25, 0.3) is 0 Å². The lowest BCUT2D eigenvalue weighted by Crippen LogP contribution is -2.34. The standard InChI is InChI=1S/C21H18N2OS/c1-14-7-2-3-8-15(14)21-23-18(16-9-4-5-10-19(16)24-21)13-17(22-23)20-11-6-12-25-20/h2-12,18,21H,13H2,1H3/t18-,21+/m0/s1. The van der Waals surface area contributed by atoms with Crippen molar-refractivity contribution in [2.45, 2.75) is 25.6 Å². The number of aryl methyl sites for hydroxylation is 1. The lowest BCUT2D eigenvalue weighted by atomic mass is 9.97. The maximum absolute atomic E-state index is 6.40. The lowest BCUT2D eigenvalue weighted by Gasteiger charge is -2.38. The largest absolute Gasteiger partial charge is 0.464 e. The molecule has 0 saturated carbocycles. The average molecular weight is 346 g/mol. The van der Waals surface area contributed by atoms with Crippen molar-refractivity contribution < 1.29 is 4.74 Å². The van der Waals surface area contributed by atoms with Gasteiger partial charge in [0.05, 0.1) is 16.6 Å². The predicted molar refractivity (Wildman–Crippen MR) is 101 cm³/mol. The Hall–Kier alpha value is -2.59. The number of ether oxygens (including phenoxy) is 1. The molecule has 1 aromatic heterocycles. The molecule has 0 bridgehead atoms. The van der Waals surface area contributed by atoms with Crippen LogP contribution in [0.2, 0.25) is 0 Å². The van der Waals surface area contributed by atoms with Crippen molar-refractivity contribution in [1.82, 2.24) is 5.01 Å². The van der Waals surface area contributed by atoms with Gasteiger partial charge in [-0.3, -0.25) is 0 Å². The van der Waals surface area contributed by atoms with E-state index in [2.05, 4.69) is 71.9 Å². The first-order valence-corrected chi connectivity index (χ1v) is 9.40. The van der Waals surface area contributed by atoms with E-state index in [1.54, 1.807) is 11.3 Å². The van der Waals surface area contributed by atoms with Gasteiger partial charge in [0.2, 0.25) is 6.23 Å². The van der Waals surface area contributed by atoms with Crippen molar-refractivity contribution in [3.8, 4) is 5.75 Å². The molecule has 2 atom stereocenters. The van der Waals surface area contributed by atoms with Gasteiger partial charge in [0.1, 0.15) is 5.75 Å². The summed E-state index contributed by atoms with van der Waals surface area (Å²) in [6, 6.07) is 21.2. The van der Waals surface area contributed by atoms with Crippen LogP contribution in [-0.2, 0) is 0 Å². The van der Waals surface area contributed by atoms with E-state index in [-0.39, 0.29) is 12.3 Å². The molecule has 2 aliphatic rings. The second-order valence-corrected chi connectivity index (χ2v) is 7.44. The van der Waals surface area contributed by atoms with Crippen molar-refractivity contribution >= 4 is 17.0 Å². The number of benzene rings is 2. The average Bonchev–Trinajstić information content (AvgIpc) is 3.31. The molecule has 0 radical (unpaired) electrons. The van der Waals surface area contributed by atoms with E-state index in [1.807, 2.05) is 6.07 Å². The number of para-hydroxylation sites is 1. The van der Waals surface area contributed by atoms with E-state index < -0.39 is 0 Å². The topological polar surface area (TPSA) is 24.8 Å². The molecule has 0 spiro atoms. The van der Waals surface area contributed by atoms with Crippen LogP contribution in [0.3, 0.4) is 0 Å². The Morgan fingerprint density at radius 1 is 1.00 bits per heavy atom. The van der Waals surface area contributed by atoms with E-state index in [4.69, 9.17) is 9.84 Å². The third-order valence-electron chi connectivity index (χ3n) is 4.96. The predicted octanol–water partition coefficient (Wildman–Crippen LogP) is 5.30. The molecule has 0 saturated heterocycles. The summed E-state index contributed by atoms with van der Waals surface area (Å²) in [5, 5.41) is 9.25. The van der Waals surface area contributed by atoms with Gasteiger partial charge in [-0.25, -0.2) is 5.01 Å². The number of rotatable bonds is 2. The van der Waals surface area contributed by atoms with Gasteiger partial charge in [-0.15, -0.1) is 11.3 Å². The fourth-order valence-electron chi connectivity index (χ4n) is 3.69. The molecule has 5 rings (SSSR count). The molecule has 0 unspecified atom stereocenters. The molecule has 124 valence electrons. The second kappa shape index (κ2) is 5.74. The minimum Gasteiger partial charge on any atom is -0.464 e. The minimum absolute atomic E-state index is 0.182. The SMILES string of the molecule is Cc1ccccc1[C@H]1Oc2ccccc2[C@@H]2CC(c3cccs3)=NN12. The minimum atomic E-state index is -0.182. The third kappa shape index (κ3) is 2.36. The third-order valence-corrected chi connectivity index (χ3v) is 5.88. The first kappa shape index (κ1) is 14.7. The highest BCUT2D eigenvalue weighted by Gasteiger charge is 2.41. The van der Waals surface area contributed by atoms with Crippen molar-refractivity contribution in [3.63, 3.8) is 0 Å². The maximum atomic E-state index is 6.40. The Balaban J connectivity index is 1.63. The van der Waals surface area contributed by atoms with Crippen molar-refractivity contribution in [2.24, 2.45) is 5.10 Å². The zero-order valence-corrected chi connectivity index (χ0v) is 14.7. The van der Waals surface area contributed by atoms with Gasteiger partial charge >= 0.3 is 0 Å². The monoisotopic (exact) mass is 346 g/mol. The Morgan fingerprint density at radius 2 is 1.80 bits per heavy atom. The van der Waals surface area contributed by atoms with E-state index >= 15 is 0 Å². The molecule has 3 aromatic rings. The van der Waals surface area contributed by atoms with Crippen molar-refractivity contribution in [3.05, 3.63) is 87.6 Å². The molecule has 3 heterocycles. The molecule has 0 fully saturated rings.